The molecule has 1 atom stereocenters. The topological polar surface area (TPSA) is 26.3 Å². The van der Waals surface area contributed by atoms with Crippen molar-refractivity contribution in [1.82, 2.24) is 0 Å². The Kier molecular flexibility index (Phi) is 3.31. The molecule has 66 valence electrons. The van der Waals surface area contributed by atoms with Crippen LogP contribution in [0.1, 0.15) is 20.3 Å². The fourth-order valence-corrected chi connectivity index (χ4v) is 0.966. The lowest BCUT2D eigenvalue weighted by molar-refractivity contribution is -0.116. The maximum atomic E-state index is 11.1. The van der Waals surface area contributed by atoms with Crippen LogP contribution in [0.4, 0.5) is 0 Å². The van der Waals surface area contributed by atoms with Crippen LogP contribution in [0.2, 0.25) is 0 Å². The molecule has 1 rings (SSSR count). The molecule has 0 amide bonds. The van der Waals surface area contributed by atoms with Gasteiger partial charge >= 0.3 is 0 Å². The summed E-state index contributed by atoms with van der Waals surface area (Å²) in [5.41, 5.74) is 0. The van der Waals surface area contributed by atoms with Crippen molar-refractivity contribution < 1.29 is 9.53 Å². The number of ketones is 1. The average molecular weight is 166 g/mol. The number of ether oxygens (including phenoxy) is 1. The molecule has 1 aliphatic rings. The Morgan fingerprint density at radius 1 is 1.58 bits per heavy atom. The number of carbonyl (C=O) groups is 1. The van der Waals surface area contributed by atoms with Gasteiger partial charge in [0.25, 0.3) is 0 Å². The van der Waals surface area contributed by atoms with Gasteiger partial charge in [0.05, 0.1) is 6.61 Å². The summed E-state index contributed by atoms with van der Waals surface area (Å²) in [4.78, 5) is 11.1. The molecule has 0 aliphatic carbocycles. The van der Waals surface area contributed by atoms with Crippen LogP contribution in [0.5, 0.6) is 0 Å². The van der Waals surface area contributed by atoms with Gasteiger partial charge in [0, 0.05) is 18.4 Å². The first-order chi connectivity index (χ1) is 5.70. The van der Waals surface area contributed by atoms with Crippen LogP contribution in [0.25, 0.3) is 0 Å². The van der Waals surface area contributed by atoms with E-state index in [1.165, 1.54) is 0 Å². The molecular formula is C10H14O2. The Balaban J connectivity index is 2.41. The van der Waals surface area contributed by atoms with E-state index in [9.17, 15) is 4.79 Å². The summed E-state index contributed by atoms with van der Waals surface area (Å²) in [5, 5.41) is 0. The van der Waals surface area contributed by atoms with Crippen LogP contribution in [-0.2, 0) is 9.53 Å². The first-order valence-corrected chi connectivity index (χ1v) is 4.33. The molecule has 0 N–H and O–H groups in total. The van der Waals surface area contributed by atoms with E-state index in [0.717, 1.165) is 13.0 Å². The molecule has 1 fully saturated rings. The molecule has 1 aliphatic heterocycles. The van der Waals surface area contributed by atoms with E-state index in [-0.39, 0.29) is 17.6 Å². The lowest BCUT2D eigenvalue weighted by Crippen LogP contribution is -2.04. The predicted molar refractivity (Wildman–Crippen MR) is 46.5 cm³/mol. The van der Waals surface area contributed by atoms with Gasteiger partial charge in [-0.15, -0.1) is 0 Å². The van der Waals surface area contributed by atoms with Crippen molar-refractivity contribution in [2.45, 2.75) is 20.3 Å². The SMILES string of the molecule is CC(C)C(=O)C#CC1CCOC1. The van der Waals surface area contributed by atoms with Gasteiger partial charge in [-0.25, -0.2) is 0 Å². The minimum atomic E-state index is 0.0276. The molecule has 0 aromatic heterocycles. The van der Waals surface area contributed by atoms with Gasteiger partial charge in [-0.2, -0.15) is 0 Å². The largest absolute Gasteiger partial charge is 0.380 e. The molecule has 1 saturated heterocycles. The summed E-state index contributed by atoms with van der Waals surface area (Å²) in [5.74, 6) is 5.94. The smallest absolute Gasteiger partial charge is 0.207 e. The molecule has 0 aromatic carbocycles. The zero-order valence-corrected chi connectivity index (χ0v) is 7.59. The summed E-state index contributed by atoms with van der Waals surface area (Å²) in [6.07, 6.45) is 0.971. The van der Waals surface area contributed by atoms with Gasteiger partial charge in [0.15, 0.2) is 0 Å². The molecule has 0 radical (unpaired) electrons. The van der Waals surface area contributed by atoms with E-state index >= 15 is 0 Å². The number of Topliss-reactive ketones (excluding diaryl/α,β-unsaturated/α-hetero) is 1. The zero-order chi connectivity index (χ0) is 8.97. The van der Waals surface area contributed by atoms with Gasteiger partial charge in [-0.1, -0.05) is 19.8 Å². The van der Waals surface area contributed by atoms with E-state index in [0.29, 0.717) is 6.61 Å². The van der Waals surface area contributed by atoms with Crippen molar-refractivity contribution >= 4 is 5.78 Å². The highest BCUT2D eigenvalue weighted by Crippen LogP contribution is 2.10. The Labute approximate surface area is 73.3 Å². The lowest BCUT2D eigenvalue weighted by Gasteiger charge is -1.95. The fraction of sp³-hybridized carbons (Fsp3) is 0.700. The Morgan fingerprint density at radius 2 is 2.33 bits per heavy atom. The first-order valence-electron chi connectivity index (χ1n) is 4.33. The maximum Gasteiger partial charge on any atom is 0.207 e. The quantitative estimate of drug-likeness (QED) is 0.433. The highest BCUT2D eigenvalue weighted by molar-refractivity contribution is 5.96. The van der Waals surface area contributed by atoms with E-state index in [2.05, 4.69) is 11.8 Å². The number of rotatable bonds is 1. The molecule has 0 bridgehead atoms. The minimum absolute atomic E-state index is 0.0276. The average Bonchev–Trinajstić information content (AvgIpc) is 2.51. The predicted octanol–water partition coefficient (Wildman–Crippen LogP) is 1.25. The number of carbonyl (C=O) groups excluding carboxylic acids is 1. The molecular weight excluding hydrogens is 152 g/mol. The Morgan fingerprint density at radius 3 is 2.83 bits per heavy atom. The van der Waals surface area contributed by atoms with Crippen molar-refractivity contribution in [3.05, 3.63) is 0 Å². The van der Waals surface area contributed by atoms with E-state index in [1.807, 2.05) is 13.8 Å². The van der Waals surface area contributed by atoms with Crippen LogP contribution in [-0.4, -0.2) is 19.0 Å². The summed E-state index contributed by atoms with van der Waals surface area (Å²) in [6, 6.07) is 0. The number of hydrogen-bond donors (Lipinski definition) is 0. The standard InChI is InChI=1S/C10H14O2/c1-8(2)10(11)4-3-9-5-6-12-7-9/h8-9H,5-7H2,1-2H3. The molecule has 0 saturated carbocycles. The van der Waals surface area contributed by atoms with Crippen LogP contribution in [0.3, 0.4) is 0 Å². The minimum Gasteiger partial charge on any atom is -0.380 e. The fourth-order valence-electron chi connectivity index (χ4n) is 0.966. The summed E-state index contributed by atoms with van der Waals surface area (Å²) >= 11 is 0. The molecule has 0 aromatic rings. The van der Waals surface area contributed by atoms with Crippen LogP contribution in [0, 0.1) is 23.7 Å². The van der Waals surface area contributed by atoms with Crippen molar-refractivity contribution in [2.75, 3.05) is 13.2 Å². The molecule has 2 nitrogen and oxygen atoms in total. The molecule has 0 spiro atoms. The van der Waals surface area contributed by atoms with E-state index in [1.54, 1.807) is 0 Å². The van der Waals surface area contributed by atoms with Crippen molar-refractivity contribution in [2.24, 2.45) is 11.8 Å². The summed E-state index contributed by atoms with van der Waals surface area (Å²) in [6.45, 7) is 5.21. The number of hydrogen-bond acceptors (Lipinski definition) is 2. The monoisotopic (exact) mass is 166 g/mol. The van der Waals surface area contributed by atoms with Crippen LogP contribution in [0.15, 0.2) is 0 Å². The maximum absolute atomic E-state index is 11.1. The Hall–Kier alpha value is -0.810. The van der Waals surface area contributed by atoms with E-state index < -0.39 is 0 Å². The van der Waals surface area contributed by atoms with Crippen LogP contribution < -0.4 is 0 Å². The molecule has 1 unspecified atom stereocenters. The molecule has 2 heteroatoms. The normalized spacial score (nSPS) is 22.1. The summed E-state index contributed by atoms with van der Waals surface area (Å²) < 4.78 is 5.14. The third-order valence-electron chi connectivity index (χ3n) is 1.85. The van der Waals surface area contributed by atoms with Gasteiger partial charge in [-0.3, -0.25) is 4.79 Å². The second kappa shape index (κ2) is 4.27. The molecule has 1 heterocycles. The highest BCUT2D eigenvalue weighted by Gasteiger charge is 2.12. The van der Waals surface area contributed by atoms with E-state index in [4.69, 9.17) is 4.74 Å². The highest BCUT2D eigenvalue weighted by atomic mass is 16.5. The third-order valence-corrected chi connectivity index (χ3v) is 1.85. The first kappa shape index (κ1) is 9.28. The van der Waals surface area contributed by atoms with Gasteiger partial charge < -0.3 is 4.74 Å². The van der Waals surface area contributed by atoms with Gasteiger partial charge in [-0.05, 0) is 12.3 Å². The third kappa shape index (κ3) is 2.67. The second-order valence-corrected chi connectivity index (χ2v) is 3.35. The van der Waals surface area contributed by atoms with Gasteiger partial charge in [0.2, 0.25) is 5.78 Å². The zero-order valence-electron chi connectivity index (χ0n) is 7.59. The Bertz CT molecular complexity index is 214. The van der Waals surface area contributed by atoms with Crippen molar-refractivity contribution in [1.29, 1.82) is 0 Å². The van der Waals surface area contributed by atoms with Crippen molar-refractivity contribution in [3.8, 4) is 11.8 Å². The van der Waals surface area contributed by atoms with Gasteiger partial charge in [0.1, 0.15) is 0 Å². The summed E-state index contributed by atoms with van der Waals surface area (Å²) in [7, 11) is 0. The lowest BCUT2D eigenvalue weighted by atomic mass is 10.1. The molecule has 12 heavy (non-hydrogen) atoms. The second-order valence-electron chi connectivity index (χ2n) is 3.35. The van der Waals surface area contributed by atoms with Crippen molar-refractivity contribution in [3.63, 3.8) is 0 Å². The van der Waals surface area contributed by atoms with Crippen LogP contribution >= 0.6 is 0 Å².